The van der Waals surface area contributed by atoms with Crippen LogP contribution in [0.5, 0.6) is 0 Å². The van der Waals surface area contributed by atoms with Crippen LogP contribution in [0, 0.1) is 0 Å². The third kappa shape index (κ3) is 4.07. The maximum atomic E-state index is 11.9. The molecule has 0 spiro atoms. The lowest BCUT2D eigenvalue weighted by molar-refractivity contribution is -0.150. The molecule has 1 aliphatic rings. The van der Waals surface area contributed by atoms with Crippen molar-refractivity contribution < 1.29 is 18.0 Å². The molecule has 0 saturated carbocycles. The highest BCUT2D eigenvalue weighted by Gasteiger charge is 2.30. The summed E-state index contributed by atoms with van der Waals surface area (Å²) in [5.74, 6) is -0.402. The first kappa shape index (κ1) is 12.3. The van der Waals surface area contributed by atoms with E-state index in [0.717, 1.165) is 0 Å². The summed E-state index contributed by atoms with van der Waals surface area (Å²) in [4.78, 5) is 13.0. The van der Waals surface area contributed by atoms with Crippen LogP contribution in [0.3, 0.4) is 0 Å². The predicted molar refractivity (Wildman–Crippen MR) is 49.3 cm³/mol. The zero-order chi connectivity index (χ0) is 11.5. The summed E-state index contributed by atoms with van der Waals surface area (Å²) >= 11 is 0. The number of carbonyl (C=O) groups is 1. The Balaban J connectivity index is 2.39. The highest BCUT2D eigenvalue weighted by Crippen LogP contribution is 2.22. The van der Waals surface area contributed by atoms with Gasteiger partial charge >= 0.3 is 6.18 Å². The van der Waals surface area contributed by atoms with Crippen LogP contribution in [0.4, 0.5) is 13.2 Å². The van der Waals surface area contributed by atoms with Crippen LogP contribution in [-0.2, 0) is 4.79 Å². The lowest BCUT2D eigenvalue weighted by Gasteiger charge is -2.34. The average molecular weight is 224 g/mol. The Morgan fingerprint density at radius 1 is 1.53 bits per heavy atom. The van der Waals surface area contributed by atoms with Crippen molar-refractivity contribution in [2.24, 2.45) is 0 Å². The first-order chi connectivity index (χ1) is 6.90. The van der Waals surface area contributed by atoms with Crippen molar-refractivity contribution in [1.29, 1.82) is 0 Å². The molecule has 0 radical (unpaired) electrons. The van der Waals surface area contributed by atoms with Crippen molar-refractivity contribution in [2.75, 3.05) is 19.6 Å². The Hall–Kier alpha value is -0.780. The molecule has 1 N–H and O–H groups in total. The zero-order valence-electron chi connectivity index (χ0n) is 8.60. The SMILES string of the molecule is CC1CNCCN1C(=O)CCC(F)(F)F. The Labute approximate surface area is 86.6 Å². The largest absolute Gasteiger partial charge is 0.389 e. The molecule has 0 aromatic carbocycles. The quantitative estimate of drug-likeness (QED) is 0.763. The van der Waals surface area contributed by atoms with Gasteiger partial charge in [-0.15, -0.1) is 0 Å². The molecule has 1 aliphatic heterocycles. The number of amides is 1. The van der Waals surface area contributed by atoms with Gasteiger partial charge in [-0.1, -0.05) is 0 Å². The fraction of sp³-hybridized carbons (Fsp3) is 0.889. The summed E-state index contributed by atoms with van der Waals surface area (Å²) < 4.78 is 35.7. The van der Waals surface area contributed by atoms with Crippen LogP contribution in [0.1, 0.15) is 19.8 Å². The van der Waals surface area contributed by atoms with Gasteiger partial charge in [0, 0.05) is 32.1 Å². The molecule has 1 heterocycles. The van der Waals surface area contributed by atoms with Crippen LogP contribution in [0.2, 0.25) is 0 Å². The van der Waals surface area contributed by atoms with Gasteiger partial charge in [0.25, 0.3) is 0 Å². The standard InChI is InChI=1S/C9H15F3N2O/c1-7-6-13-4-5-14(7)8(15)2-3-9(10,11)12/h7,13H,2-6H2,1H3. The van der Waals surface area contributed by atoms with Crippen molar-refractivity contribution >= 4 is 5.91 Å². The van der Waals surface area contributed by atoms with Crippen LogP contribution in [0.15, 0.2) is 0 Å². The molecule has 6 heteroatoms. The van der Waals surface area contributed by atoms with E-state index in [0.29, 0.717) is 19.6 Å². The van der Waals surface area contributed by atoms with Crippen molar-refractivity contribution in [3.8, 4) is 0 Å². The van der Waals surface area contributed by atoms with Crippen LogP contribution in [-0.4, -0.2) is 42.7 Å². The predicted octanol–water partition coefficient (Wildman–Crippen LogP) is 1.15. The molecule has 0 aliphatic carbocycles. The normalized spacial score (nSPS) is 22.9. The Kier molecular flexibility index (Phi) is 3.96. The third-order valence-corrected chi connectivity index (χ3v) is 2.44. The average Bonchev–Trinajstić information content (AvgIpc) is 2.14. The maximum Gasteiger partial charge on any atom is 0.389 e. The first-order valence-corrected chi connectivity index (χ1v) is 4.97. The molecule has 1 saturated heterocycles. The molecular weight excluding hydrogens is 209 g/mol. The summed E-state index contributed by atoms with van der Waals surface area (Å²) in [5, 5.41) is 3.08. The van der Waals surface area contributed by atoms with E-state index in [4.69, 9.17) is 0 Å². The van der Waals surface area contributed by atoms with E-state index < -0.39 is 24.9 Å². The van der Waals surface area contributed by atoms with Crippen LogP contribution in [0.25, 0.3) is 0 Å². The second kappa shape index (κ2) is 4.83. The highest BCUT2D eigenvalue weighted by molar-refractivity contribution is 5.76. The minimum absolute atomic E-state index is 0.0144. The van der Waals surface area contributed by atoms with Crippen LogP contribution >= 0.6 is 0 Å². The van der Waals surface area contributed by atoms with E-state index in [9.17, 15) is 18.0 Å². The fourth-order valence-corrected chi connectivity index (χ4v) is 1.60. The molecule has 0 aromatic heterocycles. The lowest BCUT2D eigenvalue weighted by atomic mass is 10.2. The second-order valence-corrected chi connectivity index (χ2v) is 3.76. The Bertz CT molecular complexity index is 230. The van der Waals surface area contributed by atoms with Crippen molar-refractivity contribution in [1.82, 2.24) is 10.2 Å². The van der Waals surface area contributed by atoms with Gasteiger partial charge in [0.15, 0.2) is 0 Å². The molecule has 3 nitrogen and oxygen atoms in total. The summed E-state index contributed by atoms with van der Waals surface area (Å²) in [6.07, 6.45) is -5.71. The molecule has 1 fully saturated rings. The number of rotatable bonds is 2. The number of nitrogens with zero attached hydrogens (tertiary/aromatic N) is 1. The van der Waals surface area contributed by atoms with Gasteiger partial charge in [-0.3, -0.25) is 4.79 Å². The lowest BCUT2D eigenvalue weighted by Crippen LogP contribution is -2.52. The second-order valence-electron chi connectivity index (χ2n) is 3.76. The number of halogens is 3. The molecule has 1 amide bonds. The van der Waals surface area contributed by atoms with E-state index in [1.165, 1.54) is 4.90 Å². The van der Waals surface area contributed by atoms with Gasteiger partial charge in [-0.05, 0) is 6.92 Å². The number of hydrogen-bond donors (Lipinski definition) is 1. The molecule has 1 rings (SSSR count). The van der Waals surface area contributed by atoms with Gasteiger partial charge in [-0.2, -0.15) is 13.2 Å². The zero-order valence-corrected chi connectivity index (χ0v) is 8.60. The van der Waals surface area contributed by atoms with Crippen molar-refractivity contribution in [2.45, 2.75) is 32.0 Å². The molecule has 1 unspecified atom stereocenters. The van der Waals surface area contributed by atoms with E-state index in [1.807, 2.05) is 6.92 Å². The van der Waals surface area contributed by atoms with Gasteiger partial charge in [0.05, 0.1) is 6.42 Å². The topological polar surface area (TPSA) is 32.3 Å². The summed E-state index contributed by atoms with van der Waals surface area (Å²) in [6, 6.07) is -0.0144. The molecule has 0 aromatic rings. The summed E-state index contributed by atoms with van der Waals surface area (Å²) in [7, 11) is 0. The number of piperazine rings is 1. The van der Waals surface area contributed by atoms with Gasteiger partial charge in [0.2, 0.25) is 5.91 Å². The number of hydrogen-bond acceptors (Lipinski definition) is 2. The Morgan fingerprint density at radius 2 is 2.20 bits per heavy atom. The molecule has 0 bridgehead atoms. The maximum absolute atomic E-state index is 11.9. The fourth-order valence-electron chi connectivity index (χ4n) is 1.60. The van der Waals surface area contributed by atoms with E-state index >= 15 is 0 Å². The Morgan fingerprint density at radius 3 is 2.73 bits per heavy atom. The van der Waals surface area contributed by atoms with Gasteiger partial charge in [0.1, 0.15) is 0 Å². The number of nitrogens with one attached hydrogen (secondary N) is 1. The molecular formula is C9H15F3N2O. The molecule has 88 valence electrons. The smallest absolute Gasteiger partial charge is 0.337 e. The molecule has 1 atom stereocenters. The van der Waals surface area contributed by atoms with E-state index in [-0.39, 0.29) is 6.04 Å². The summed E-state index contributed by atoms with van der Waals surface area (Å²) in [6.45, 7) is 3.63. The van der Waals surface area contributed by atoms with E-state index in [2.05, 4.69) is 5.32 Å². The minimum Gasteiger partial charge on any atom is -0.337 e. The van der Waals surface area contributed by atoms with Gasteiger partial charge < -0.3 is 10.2 Å². The minimum atomic E-state index is -4.24. The number of alkyl halides is 3. The molecule has 15 heavy (non-hydrogen) atoms. The monoisotopic (exact) mass is 224 g/mol. The van der Waals surface area contributed by atoms with Crippen molar-refractivity contribution in [3.05, 3.63) is 0 Å². The highest BCUT2D eigenvalue weighted by atomic mass is 19.4. The third-order valence-electron chi connectivity index (χ3n) is 2.44. The van der Waals surface area contributed by atoms with Crippen LogP contribution < -0.4 is 5.32 Å². The van der Waals surface area contributed by atoms with Crippen molar-refractivity contribution in [3.63, 3.8) is 0 Å². The van der Waals surface area contributed by atoms with E-state index in [1.54, 1.807) is 0 Å². The number of carbonyl (C=O) groups excluding carboxylic acids is 1. The van der Waals surface area contributed by atoms with Gasteiger partial charge in [-0.25, -0.2) is 0 Å². The first-order valence-electron chi connectivity index (χ1n) is 4.97. The summed E-state index contributed by atoms with van der Waals surface area (Å²) in [5.41, 5.74) is 0.